The number of halogens is 1. The van der Waals surface area contributed by atoms with E-state index in [1.165, 1.54) is 19.2 Å². The second-order valence-corrected chi connectivity index (χ2v) is 5.12. The van der Waals surface area contributed by atoms with Crippen molar-refractivity contribution >= 4 is 11.6 Å². The standard InChI is InChI=1S/C17H15FN2O3/c1-11-3-6-16-19-13(9-20(16)8-11)10-23-17(21)14-7-12(18)4-5-15(14)22-2/h3-9H,10H2,1-2H3. The van der Waals surface area contributed by atoms with Crippen molar-refractivity contribution in [2.45, 2.75) is 13.5 Å². The minimum atomic E-state index is -0.658. The monoisotopic (exact) mass is 314 g/mol. The van der Waals surface area contributed by atoms with Crippen LogP contribution < -0.4 is 4.74 Å². The molecule has 0 spiro atoms. The number of fused-ring (bicyclic) bond motifs is 1. The number of esters is 1. The lowest BCUT2D eigenvalue weighted by atomic mass is 10.2. The van der Waals surface area contributed by atoms with E-state index >= 15 is 0 Å². The molecule has 0 atom stereocenters. The van der Waals surface area contributed by atoms with Crippen LogP contribution in [0.3, 0.4) is 0 Å². The van der Waals surface area contributed by atoms with Gasteiger partial charge in [-0.15, -0.1) is 0 Å². The van der Waals surface area contributed by atoms with Crippen LogP contribution in [0.2, 0.25) is 0 Å². The molecule has 0 radical (unpaired) electrons. The fourth-order valence-corrected chi connectivity index (χ4v) is 2.28. The van der Waals surface area contributed by atoms with Crippen LogP contribution in [-0.4, -0.2) is 22.5 Å². The van der Waals surface area contributed by atoms with E-state index < -0.39 is 11.8 Å². The zero-order valence-corrected chi connectivity index (χ0v) is 12.7. The van der Waals surface area contributed by atoms with Gasteiger partial charge < -0.3 is 13.9 Å². The molecule has 0 saturated heterocycles. The average molecular weight is 314 g/mol. The van der Waals surface area contributed by atoms with Crippen LogP contribution >= 0.6 is 0 Å². The van der Waals surface area contributed by atoms with E-state index in [2.05, 4.69) is 4.98 Å². The summed E-state index contributed by atoms with van der Waals surface area (Å²) in [7, 11) is 1.41. The van der Waals surface area contributed by atoms with Gasteiger partial charge in [-0.2, -0.15) is 0 Å². The molecule has 0 aliphatic rings. The van der Waals surface area contributed by atoms with Crippen molar-refractivity contribution in [1.29, 1.82) is 0 Å². The Hall–Kier alpha value is -2.89. The Balaban J connectivity index is 1.76. The smallest absolute Gasteiger partial charge is 0.342 e. The summed E-state index contributed by atoms with van der Waals surface area (Å²) in [6, 6.07) is 7.54. The second kappa shape index (κ2) is 6.08. The molecule has 0 aliphatic carbocycles. The first kappa shape index (κ1) is 15.0. The number of nitrogens with zero attached hydrogens (tertiary/aromatic N) is 2. The lowest BCUT2D eigenvalue weighted by molar-refractivity contribution is 0.0464. The van der Waals surface area contributed by atoms with Crippen LogP contribution in [0.25, 0.3) is 5.65 Å². The molecule has 0 aliphatic heterocycles. The predicted octanol–water partition coefficient (Wildman–Crippen LogP) is 3.15. The number of methoxy groups -OCH3 is 1. The number of ether oxygens (including phenoxy) is 2. The summed E-state index contributed by atoms with van der Waals surface area (Å²) in [6.45, 7) is 1.98. The fourth-order valence-electron chi connectivity index (χ4n) is 2.28. The molecule has 0 bridgehead atoms. The number of carbonyl (C=O) groups is 1. The Morgan fingerprint density at radius 2 is 2.09 bits per heavy atom. The average Bonchev–Trinajstić information content (AvgIpc) is 2.94. The number of hydrogen-bond donors (Lipinski definition) is 0. The zero-order chi connectivity index (χ0) is 16.4. The summed E-state index contributed by atoms with van der Waals surface area (Å²) in [5.41, 5.74) is 2.53. The highest BCUT2D eigenvalue weighted by Crippen LogP contribution is 2.20. The Labute approximate surface area is 132 Å². The van der Waals surface area contributed by atoms with Gasteiger partial charge in [0, 0.05) is 12.4 Å². The molecule has 0 amide bonds. The lowest BCUT2D eigenvalue weighted by Gasteiger charge is -2.07. The van der Waals surface area contributed by atoms with Crippen LogP contribution in [0, 0.1) is 12.7 Å². The van der Waals surface area contributed by atoms with E-state index in [1.54, 1.807) is 6.20 Å². The first-order valence-electron chi connectivity index (χ1n) is 7.02. The predicted molar refractivity (Wildman–Crippen MR) is 82.0 cm³/mol. The maximum atomic E-state index is 13.3. The third kappa shape index (κ3) is 3.15. The van der Waals surface area contributed by atoms with Crippen LogP contribution in [0.1, 0.15) is 21.6 Å². The Bertz CT molecular complexity index is 873. The molecule has 0 unspecified atom stereocenters. The summed E-state index contributed by atoms with van der Waals surface area (Å²) >= 11 is 0. The Morgan fingerprint density at radius 1 is 1.26 bits per heavy atom. The number of benzene rings is 1. The van der Waals surface area contributed by atoms with Crippen LogP contribution in [0.5, 0.6) is 5.75 Å². The van der Waals surface area contributed by atoms with E-state index in [1.807, 2.05) is 29.7 Å². The van der Waals surface area contributed by atoms with Crippen molar-refractivity contribution in [3.63, 3.8) is 0 Å². The molecule has 6 heteroatoms. The molecule has 2 heterocycles. The van der Waals surface area contributed by atoms with Crippen molar-refractivity contribution in [2.24, 2.45) is 0 Å². The van der Waals surface area contributed by atoms with Gasteiger partial charge in [-0.25, -0.2) is 14.2 Å². The summed E-state index contributed by atoms with van der Waals surface area (Å²) in [5, 5.41) is 0. The number of hydrogen-bond acceptors (Lipinski definition) is 4. The van der Waals surface area contributed by atoms with Gasteiger partial charge in [0.25, 0.3) is 0 Å². The second-order valence-electron chi connectivity index (χ2n) is 5.12. The largest absolute Gasteiger partial charge is 0.496 e. The summed E-state index contributed by atoms with van der Waals surface area (Å²) in [4.78, 5) is 16.5. The minimum absolute atomic E-state index is 0.000765. The molecule has 3 rings (SSSR count). The van der Waals surface area contributed by atoms with Crippen LogP contribution in [-0.2, 0) is 11.3 Å². The fraction of sp³-hybridized carbons (Fsp3) is 0.176. The van der Waals surface area contributed by atoms with Gasteiger partial charge >= 0.3 is 5.97 Å². The molecule has 1 aromatic carbocycles. The van der Waals surface area contributed by atoms with Crippen LogP contribution in [0.15, 0.2) is 42.7 Å². The molecule has 23 heavy (non-hydrogen) atoms. The van der Waals surface area contributed by atoms with Gasteiger partial charge in [-0.1, -0.05) is 6.07 Å². The van der Waals surface area contributed by atoms with Gasteiger partial charge in [0.1, 0.15) is 29.4 Å². The number of pyridine rings is 1. The lowest BCUT2D eigenvalue weighted by Crippen LogP contribution is -2.07. The number of imidazole rings is 1. The van der Waals surface area contributed by atoms with E-state index in [-0.39, 0.29) is 17.9 Å². The topological polar surface area (TPSA) is 52.8 Å². The highest BCUT2D eigenvalue weighted by Gasteiger charge is 2.15. The Kier molecular flexibility index (Phi) is 3.97. The molecule has 3 aromatic rings. The van der Waals surface area contributed by atoms with Gasteiger partial charge in [0.2, 0.25) is 0 Å². The number of rotatable bonds is 4. The molecule has 118 valence electrons. The molecular formula is C17H15FN2O3. The third-order valence-electron chi connectivity index (χ3n) is 3.38. The summed E-state index contributed by atoms with van der Waals surface area (Å²) < 4.78 is 25.4. The Morgan fingerprint density at radius 3 is 2.87 bits per heavy atom. The van der Waals surface area contributed by atoms with Crippen molar-refractivity contribution < 1.29 is 18.7 Å². The van der Waals surface area contributed by atoms with Crippen molar-refractivity contribution in [3.8, 4) is 5.75 Å². The molecule has 0 N–H and O–H groups in total. The van der Waals surface area contributed by atoms with Crippen LogP contribution in [0.4, 0.5) is 4.39 Å². The quantitative estimate of drug-likeness (QED) is 0.694. The van der Waals surface area contributed by atoms with Crippen molar-refractivity contribution in [2.75, 3.05) is 7.11 Å². The molecule has 0 saturated carbocycles. The number of aryl methyl sites for hydroxylation is 1. The maximum absolute atomic E-state index is 13.3. The maximum Gasteiger partial charge on any atom is 0.342 e. The molecule has 2 aromatic heterocycles. The molecule has 5 nitrogen and oxygen atoms in total. The summed E-state index contributed by atoms with van der Waals surface area (Å²) in [5.74, 6) is -0.919. The van der Waals surface area contributed by atoms with E-state index in [4.69, 9.17) is 9.47 Å². The van der Waals surface area contributed by atoms with Crippen molar-refractivity contribution in [1.82, 2.24) is 9.38 Å². The SMILES string of the molecule is COc1ccc(F)cc1C(=O)OCc1cn2cc(C)ccc2n1. The van der Waals surface area contributed by atoms with E-state index in [0.717, 1.165) is 17.3 Å². The zero-order valence-electron chi connectivity index (χ0n) is 12.7. The first-order valence-corrected chi connectivity index (χ1v) is 7.02. The highest BCUT2D eigenvalue weighted by molar-refractivity contribution is 5.92. The third-order valence-corrected chi connectivity index (χ3v) is 3.38. The highest BCUT2D eigenvalue weighted by atomic mass is 19.1. The molecule has 0 fully saturated rings. The number of carbonyl (C=O) groups excluding carboxylic acids is 1. The van der Waals surface area contributed by atoms with Gasteiger partial charge in [-0.3, -0.25) is 0 Å². The number of aromatic nitrogens is 2. The van der Waals surface area contributed by atoms with Crippen molar-refractivity contribution in [3.05, 3.63) is 65.4 Å². The minimum Gasteiger partial charge on any atom is -0.496 e. The normalized spacial score (nSPS) is 10.7. The van der Waals surface area contributed by atoms with Gasteiger partial charge in [0.05, 0.1) is 12.8 Å². The van der Waals surface area contributed by atoms with E-state index in [9.17, 15) is 9.18 Å². The summed E-state index contributed by atoms with van der Waals surface area (Å²) in [6.07, 6.45) is 3.72. The van der Waals surface area contributed by atoms with Gasteiger partial charge in [0.15, 0.2) is 0 Å². The molecular weight excluding hydrogens is 299 g/mol. The first-order chi connectivity index (χ1) is 11.1. The van der Waals surface area contributed by atoms with Gasteiger partial charge in [-0.05, 0) is 36.8 Å². The van der Waals surface area contributed by atoms with E-state index in [0.29, 0.717) is 5.69 Å².